The van der Waals surface area contributed by atoms with Crippen molar-refractivity contribution in [2.24, 2.45) is 0 Å². The molecule has 2 N–H and O–H groups in total. The molecule has 2 aromatic carbocycles. The fourth-order valence-electron chi connectivity index (χ4n) is 2.15. The quantitative estimate of drug-likeness (QED) is 0.883. The van der Waals surface area contributed by atoms with E-state index >= 15 is 0 Å². The molecule has 110 valence electrons. The number of carboxylic acids is 1. The van der Waals surface area contributed by atoms with E-state index < -0.39 is 11.5 Å². The van der Waals surface area contributed by atoms with Crippen molar-refractivity contribution in [3.8, 4) is 5.75 Å². The molecule has 21 heavy (non-hydrogen) atoms. The van der Waals surface area contributed by atoms with Crippen molar-refractivity contribution in [1.82, 2.24) is 0 Å². The number of ether oxygens (including phenoxy) is 1. The minimum absolute atomic E-state index is 0.608. The summed E-state index contributed by atoms with van der Waals surface area (Å²) in [5.41, 5.74) is 1.18. The molecular formula is C17H19NO3. The van der Waals surface area contributed by atoms with Crippen LogP contribution in [0.2, 0.25) is 0 Å². The van der Waals surface area contributed by atoms with Gasteiger partial charge < -0.3 is 15.2 Å². The van der Waals surface area contributed by atoms with E-state index in [-0.39, 0.29) is 0 Å². The molecular weight excluding hydrogens is 266 g/mol. The average molecular weight is 285 g/mol. The Kier molecular flexibility index (Phi) is 4.17. The van der Waals surface area contributed by atoms with Gasteiger partial charge >= 0.3 is 5.97 Å². The van der Waals surface area contributed by atoms with Gasteiger partial charge in [-0.25, -0.2) is 4.79 Å². The zero-order valence-corrected chi connectivity index (χ0v) is 12.4. The van der Waals surface area contributed by atoms with Crippen LogP contribution in [0.15, 0.2) is 48.5 Å². The number of rotatable bonds is 5. The molecule has 1 atom stereocenters. The van der Waals surface area contributed by atoms with E-state index in [1.807, 2.05) is 43.3 Å². The highest BCUT2D eigenvalue weighted by Gasteiger charge is 2.35. The summed E-state index contributed by atoms with van der Waals surface area (Å²) >= 11 is 0. The van der Waals surface area contributed by atoms with Crippen LogP contribution in [0.1, 0.15) is 18.1 Å². The number of carboxylic acid groups (broad SMARTS) is 1. The minimum Gasteiger partial charge on any atom is -0.495 e. The van der Waals surface area contributed by atoms with Gasteiger partial charge in [-0.05, 0) is 31.5 Å². The summed E-state index contributed by atoms with van der Waals surface area (Å²) < 4.78 is 5.27. The van der Waals surface area contributed by atoms with E-state index in [2.05, 4.69) is 5.32 Å². The summed E-state index contributed by atoms with van der Waals surface area (Å²) in [6.45, 7) is 3.61. The van der Waals surface area contributed by atoms with Crippen molar-refractivity contribution in [1.29, 1.82) is 0 Å². The number of aryl methyl sites for hydroxylation is 1. The zero-order chi connectivity index (χ0) is 15.5. The molecule has 0 saturated heterocycles. The number of para-hydroxylation sites is 2. The number of methoxy groups -OCH3 is 1. The third-order valence-corrected chi connectivity index (χ3v) is 3.55. The summed E-state index contributed by atoms with van der Waals surface area (Å²) in [5, 5.41) is 12.8. The number of aliphatic carboxylic acids is 1. The average Bonchev–Trinajstić information content (AvgIpc) is 2.48. The summed E-state index contributed by atoms with van der Waals surface area (Å²) in [6, 6.07) is 14.7. The molecule has 0 amide bonds. The van der Waals surface area contributed by atoms with Crippen LogP contribution < -0.4 is 10.1 Å². The van der Waals surface area contributed by atoms with Crippen LogP contribution in [0.4, 0.5) is 5.69 Å². The Morgan fingerprint density at radius 3 is 2.33 bits per heavy atom. The minimum atomic E-state index is -1.23. The Balaban J connectivity index is 2.43. The second-order valence-corrected chi connectivity index (χ2v) is 5.12. The van der Waals surface area contributed by atoms with Crippen molar-refractivity contribution < 1.29 is 14.6 Å². The lowest BCUT2D eigenvalue weighted by molar-refractivity contribution is -0.142. The van der Waals surface area contributed by atoms with Gasteiger partial charge in [-0.15, -0.1) is 0 Å². The first kappa shape index (κ1) is 14.9. The fourth-order valence-corrected chi connectivity index (χ4v) is 2.15. The third kappa shape index (κ3) is 2.99. The molecule has 2 aromatic rings. The van der Waals surface area contributed by atoms with Gasteiger partial charge in [-0.2, -0.15) is 0 Å². The first-order valence-corrected chi connectivity index (χ1v) is 6.69. The van der Waals surface area contributed by atoms with Crippen LogP contribution in [0.25, 0.3) is 0 Å². The lowest BCUT2D eigenvalue weighted by Crippen LogP contribution is -2.40. The maximum absolute atomic E-state index is 11.8. The summed E-state index contributed by atoms with van der Waals surface area (Å²) in [6.07, 6.45) is 0. The summed E-state index contributed by atoms with van der Waals surface area (Å²) in [5.74, 6) is -0.339. The lowest BCUT2D eigenvalue weighted by Gasteiger charge is -2.29. The second kappa shape index (κ2) is 5.87. The SMILES string of the molecule is COc1ccccc1NC(C)(C(=O)O)c1ccc(C)cc1. The number of nitrogens with one attached hydrogen (secondary N) is 1. The van der Waals surface area contributed by atoms with Gasteiger partial charge in [0.15, 0.2) is 5.54 Å². The van der Waals surface area contributed by atoms with Gasteiger partial charge in [0.25, 0.3) is 0 Å². The monoisotopic (exact) mass is 285 g/mol. The molecule has 0 aliphatic rings. The van der Waals surface area contributed by atoms with Crippen LogP contribution >= 0.6 is 0 Å². The standard InChI is InChI=1S/C17H19NO3/c1-12-8-10-13(11-9-12)17(2,16(19)20)18-14-6-4-5-7-15(14)21-3/h4-11,18H,1-3H3,(H,19,20). The third-order valence-electron chi connectivity index (χ3n) is 3.55. The number of hydrogen-bond donors (Lipinski definition) is 2. The largest absolute Gasteiger partial charge is 0.495 e. The molecule has 0 saturated carbocycles. The van der Waals surface area contributed by atoms with Crippen molar-refractivity contribution in [3.05, 3.63) is 59.7 Å². The lowest BCUT2D eigenvalue weighted by atomic mass is 9.91. The molecule has 2 rings (SSSR count). The predicted molar refractivity (Wildman–Crippen MR) is 82.8 cm³/mol. The summed E-state index contributed by atoms with van der Waals surface area (Å²) in [7, 11) is 1.56. The Morgan fingerprint density at radius 2 is 1.76 bits per heavy atom. The number of anilines is 1. The Labute approximate surface area is 124 Å². The Hall–Kier alpha value is -2.49. The van der Waals surface area contributed by atoms with Crippen LogP contribution in [0.3, 0.4) is 0 Å². The molecule has 4 nitrogen and oxygen atoms in total. The van der Waals surface area contributed by atoms with Crippen LogP contribution in [-0.4, -0.2) is 18.2 Å². The molecule has 0 fully saturated rings. The molecule has 1 unspecified atom stereocenters. The molecule has 0 spiro atoms. The van der Waals surface area contributed by atoms with E-state index in [0.717, 1.165) is 5.56 Å². The first-order chi connectivity index (χ1) is 9.97. The van der Waals surface area contributed by atoms with Crippen LogP contribution in [0.5, 0.6) is 5.75 Å². The van der Waals surface area contributed by atoms with E-state index in [4.69, 9.17) is 4.74 Å². The van der Waals surface area contributed by atoms with Crippen LogP contribution in [0, 0.1) is 6.92 Å². The second-order valence-electron chi connectivity index (χ2n) is 5.12. The van der Waals surface area contributed by atoms with Gasteiger partial charge in [0.2, 0.25) is 0 Å². The fraction of sp³-hybridized carbons (Fsp3) is 0.235. The normalized spacial score (nSPS) is 13.3. The van der Waals surface area contributed by atoms with E-state index in [9.17, 15) is 9.90 Å². The number of benzene rings is 2. The molecule has 0 aliphatic carbocycles. The van der Waals surface area contributed by atoms with Crippen molar-refractivity contribution in [2.75, 3.05) is 12.4 Å². The highest BCUT2D eigenvalue weighted by molar-refractivity contribution is 5.84. The highest BCUT2D eigenvalue weighted by atomic mass is 16.5. The molecule has 0 bridgehead atoms. The molecule has 0 aromatic heterocycles. The maximum atomic E-state index is 11.8. The van der Waals surface area contributed by atoms with Gasteiger partial charge in [0, 0.05) is 0 Å². The van der Waals surface area contributed by atoms with E-state index in [1.54, 1.807) is 26.2 Å². The maximum Gasteiger partial charge on any atom is 0.333 e. The smallest absolute Gasteiger partial charge is 0.333 e. The van der Waals surface area contributed by atoms with Gasteiger partial charge in [0.05, 0.1) is 12.8 Å². The van der Waals surface area contributed by atoms with Gasteiger partial charge in [-0.3, -0.25) is 0 Å². The molecule has 0 aliphatic heterocycles. The first-order valence-electron chi connectivity index (χ1n) is 6.69. The topological polar surface area (TPSA) is 58.6 Å². The molecule has 0 heterocycles. The van der Waals surface area contributed by atoms with E-state index in [0.29, 0.717) is 17.0 Å². The van der Waals surface area contributed by atoms with Crippen molar-refractivity contribution in [2.45, 2.75) is 19.4 Å². The summed E-state index contributed by atoms with van der Waals surface area (Å²) in [4.78, 5) is 11.8. The van der Waals surface area contributed by atoms with Gasteiger partial charge in [-0.1, -0.05) is 42.0 Å². The molecule has 4 heteroatoms. The van der Waals surface area contributed by atoms with Crippen molar-refractivity contribution in [3.63, 3.8) is 0 Å². The molecule has 0 radical (unpaired) electrons. The zero-order valence-electron chi connectivity index (χ0n) is 12.4. The highest BCUT2D eigenvalue weighted by Crippen LogP contribution is 2.32. The Morgan fingerprint density at radius 1 is 1.14 bits per heavy atom. The Bertz CT molecular complexity index is 637. The number of hydrogen-bond acceptors (Lipinski definition) is 3. The number of carbonyl (C=O) groups is 1. The van der Waals surface area contributed by atoms with Crippen molar-refractivity contribution >= 4 is 11.7 Å². The van der Waals surface area contributed by atoms with Gasteiger partial charge in [0.1, 0.15) is 5.75 Å². The predicted octanol–water partition coefficient (Wildman–Crippen LogP) is 3.42. The van der Waals surface area contributed by atoms with Crippen LogP contribution in [-0.2, 0) is 10.3 Å². The van der Waals surface area contributed by atoms with E-state index in [1.165, 1.54) is 0 Å².